The quantitative estimate of drug-likeness (QED) is 0.487. The molecule has 1 aliphatic heterocycles. The SMILES string of the molecule is CC(C)c1cccc(C2CCN(CCc3cnn(-c4nccc5c(=O)[nH]cnc45)c3)CC2)c1. The largest absolute Gasteiger partial charge is 0.313 e. The Kier molecular flexibility index (Phi) is 6.05. The summed E-state index contributed by atoms with van der Waals surface area (Å²) in [5.41, 5.74) is 4.48. The fourth-order valence-electron chi connectivity index (χ4n) is 4.71. The Hall–Kier alpha value is -3.32. The fourth-order valence-corrected chi connectivity index (χ4v) is 4.71. The van der Waals surface area contributed by atoms with E-state index in [4.69, 9.17) is 0 Å². The maximum Gasteiger partial charge on any atom is 0.258 e. The second-order valence-electron chi connectivity index (χ2n) is 9.25. The number of aromatic amines is 1. The summed E-state index contributed by atoms with van der Waals surface area (Å²) in [6, 6.07) is 10.8. The van der Waals surface area contributed by atoms with E-state index in [0.717, 1.165) is 31.6 Å². The molecule has 0 saturated carbocycles. The summed E-state index contributed by atoms with van der Waals surface area (Å²) in [4.78, 5) is 25.9. The first-order valence-corrected chi connectivity index (χ1v) is 11.8. The highest BCUT2D eigenvalue weighted by Crippen LogP contribution is 2.30. The van der Waals surface area contributed by atoms with E-state index in [0.29, 0.717) is 28.6 Å². The standard InChI is InChI=1S/C26H30N6O/c1-18(2)21-4-3-5-22(14-21)20-8-12-31(13-9-20)11-7-19-15-30-32(16-19)25-24-23(6-10-27-25)26(33)29-17-28-24/h3-6,10,14-18,20H,7-9,11-13H2,1-2H3,(H,28,29,33). The van der Waals surface area contributed by atoms with Crippen LogP contribution in [0, 0.1) is 0 Å². The third kappa shape index (κ3) is 4.59. The summed E-state index contributed by atoms with van der Waals surface area (Å²) in [7, 11) is 0. The molecule has 4 aromatic rings. The molecule has 0 spiro atoms. The summed E-state index contributed by atoms with van der Waals surface area (Å²) in [6.45, 7) is 7.79. The van der Waals surface area contributed by atoms with Gasteiger partial charge in [-0.2, -0.15) is 5.10 Å². The Morgan fingerprint density at radius 1 is 1.15 bits per heavy atom. The summed E-state index contributed by atoms with van der Waals surface area (Å²) < 4.78 is 1.72. The lowest BCUT2D eigenvalue weighted by atomic mass is 9.87. The molecule has 0 bridgehead atoms. The molecule has 1 saturated heterocycles. The summed E-state index contributed by atoms with van der Waals surface area (Å²) >= 11 is 0. The van der Waals surface area contributed by atoms with Crippen molar-refractivity contribution in [1.29, 1.82) is 0 Å². The van der Waals surface area contributed by atoms with Crippen molar-refractivity contribution in [3.63, 3.8) is 0 Å². The molecule has 0 atom stereocenters. The van der Waals surface area contributed by atoms with Crippen molar-refractivity contribution in [2.45, 2.75) is 44.9 Å². The van der Waals surface area contributed by atoms with Crippen LogP contribution < -0.4 is 5.56 Å². The number of nitrogens with zero attached hydrogens (tertiary/aromatic N) is 5. The van der Waals surface area contributed by atoms with Crippen LogP contribution in [0.4, 0.5) is 0 Å². The zero-order chi connectivity index (χ0) is 22.8. The van der Waals surface area contributed by atoms with Gasteiger partial charge in [0.25, 0.3) is 5.56 Å². The Morgan fingerprint density at radius 2 is 2.00 bits per heavy atom. The number of benzene rings is 1. The van der Waals surface area contributed by atoms with Crippen LogP contribution in [-0.4, -0.2) is 49.3 Å². The van der Waals surface area contributed by atoms with Gasteiger partial charge in [-0.05, 0) is 66.9 Å². The Balaban J connectivity index is 1.20. The van der Waals surface area contributed by atoms with Gasteiger partial charge in [0.1, 0.15) is 5.52 Å². The molecule has 0 radical (unpaired) electrons. The first-order valence-electron chi connectivity index (χ1n) is 11.8. The molecule has 33 heavy (non-hydrogen) atoms. The van der Waals surface area contributed by atoms with E-state index in [2.05, 4.69) is 63.1 Å². The highest BCUT2D eigenvalue weighted by Gasteiger charge is 2.21. The molecule has 1 aromatic carbocycles. The van der Waals surface area contributed by atoms with Gasteiger partial charge in [-0.3, -0.25) is 4.79 Å². The number of piperidine rings is 1. The van der Waals surface area contributed by atoms with Crippen LogP contribution >= 0.6 is 0 Å². The van der Waals surface area contributed by atoms with Crippen molar-refractivity contribution in [1.82, 2.24) is 29.6 Å². The van der Waals surface area contributed by atoms with Crippen LogP contribution in [0.2, 0.25) is 0 Å². The average molecular weight is 443 g/mol. The molecule has 7 nitrogen and oxygen atoms in total. The summed E-state index contributed by atoms with van der Waals surface area (Å²) in [5, 5.41) is 5.00. The first kappa shape index (κ1) is 21.5. The predicted molar refractivity (Wildman–Crippen MR) is 130 cm³/mol. The van der Waals surface area contributed by atoms with Crippen LogP contribution in [0.15, 0.2) is 60.0 Å². The van der Waals surface area contributed by atoms with E-state index in [1.54, 1.807) is 16.9 Å². The van der Waals surface area contributed by atoms with Crippen LogP contribution in [0.5, 0.6) is 0 Å². The predicted octanol–water partition coefficient (Wildman–Crippen LogP) is 4.05. The zero-order valence-electron chi connectivity index (χ0n) is 19.2. The number of hydrogen-bond acceptors (Lipinski definition) is 5. The number of nitrogens with one attached hydrogen (secondary N) is 1. The molecule has 1 N–H and O–H groups in total. The maximum atomic E-state index is 12.0. The van der Waals surface area contributed by atoms with Gasteiger partial charge in [-0.25, -0.2) is 14.6 Å². The van der Waals surface area contributed by atoms with Crippen LogP contribution in [-0.2, 0) is 6.42 Å². The monoisotopic (exact) mass is 442 g/mol. The van der Waals surface area contributed by atoms with Crippen molar-refractivity contribution in [2.24, 2.45) is 0 Å². The number of H-pyrrole nitrogens is 1. The molecule has 4 heterocycles. The molecule has 0 unspecified atom stereocenters. The number of pyridine rings is 1. The third-order valence-corrected chi connectivity index (χ3v) is 6.74. The maximum absolute atomic E-state index is 12.0. The van der Waals surface area contributed by atoms with Gasteiger partial charge in [0, 0.05) is 18.9 Å². The van der Waals surface area contributed by atoms with E-state index in [1.165, 1.54) is 30.3 Å². The molecule has 0 amide bonds. The summed E-state index contributed by atoms with van der Waals surface area (Å²) in [6.07, 6.45) is 10.3. The van der Waals surface area contributed by atoms with Crippen LogP contribution in [0.3, 0.4) is 0 Å². The van der Waals surface area contributed by atoms with E-state index in [1.807, 2.05) is 12.4 Å². The second-order valence-corrected chi connectivity index (χ2v) is 9.25. The van der Waals surface area contributed by atoms with Crippen LogP contribution in [0.1, 0.15) is 55.2 Å². The van der Waals surface area contributed by atoms with Gasteiger partial charge in [0.15, 0.2) is 5.82 Å². The number of likely N-dealkylation sites (tertiary alicyclic amines) is 1. The molecule has 170 valence electrons. The van der Waals surface area contributed by atoms with Gasteiger partial charge in [-0.1, -0.05) is 38.1 Å². The molecule has 5 rings (SSSR count). The second kappa shape index (κ2) is 9.27. The van der Waals surface area contributed by atoms with Gasteiger partial charge in [0.05, 0.1) is 17.9 Å². The Morgan fingerprint density at radius 3 is 2.82 bits per heavy atom. The van der Waals surface area contributed by atoms with Gasteiger partial charge < -0.3 is 9.88 Å². The Bertz CT molecular complexity index is 1300. The zero-order valence-corrected chi connectivity index (χ0v) is 19.2. The number of fused-ring (bicyclic) bond motifs is 1. The molecule has 7 heteroatoms. The summed E-state index contributed by atoms with van der Waals surface area (Å²) in [5.74, 6) is 1.82. The third-order valence-electron chi connectivity index (χ3n) is 6.74. The molecular formula is C26H30N6O. The molecular weight excluding hydrogens is 412 g/mol. The van der Waals surface area contributed by atoms with E-state index in [-0.39, 0.29) is 5.56 Å². The van der Waals surface area contributed by atoms with Crippen molar-refractivity contribution in [3.8, 4) is 5.82 Å². The number of hydrogen-bond donors (Lipinski definition) is 1. The van der Waals surface area contributed by atoms with Crippen molar-refractivity contribution < 1.29 is 0 Å². The van der Waals surface area contributed by atoms with Gasteiger partial charge in [0.2, 0.25) is 0 Å². The normalized spacial score (nSPS) is 15.5. The molecule has 1 fully saturated rings. The van der Waals surface area contributed by atoms with Gasteiger partial charge in [-0.15, -0.1) is 0 Å². The van der Waals surface area contributed by atoms with Crippen molar-refractivity contribution in [3.05, 3.63) is 82.3 Å². The smallest absolute Gasteiger partial charge is 0.258 e. The highest BCUT2D eigenvalue weighted by molar-refractivity contribution is 5.83. The number of aromatic nitrogens is 5. The minimum atomic E-state index is -0.171. The van der Waals surface area contributed by atoms with Crippen molar-refractivity contribution in [2.75, 3.05) is 19.6 Å². The van der Waals surface area contributed by atoms with E-state index >= 15 is 0 Å². The minimum absolute atomic E-state index is 0.171. The molecule has 0 aliphatic carbocycles. The molecule has 3 aromatic heterocycles. The highest BCUT2D eigenvalue weighted by atomic mass is 16.1. The lowest BCUT2D eigenvalue weighted by molar-refractivity contribution is 0.214. The topological polar surface area (TPSA) is 79.7 Å². The lowest BCUT2D eigenvalue weighted by Crippen LogP contribution is -2.34. The average Bonchev–Trinajstić information content (AvgIpc) is 3.32. The van der Waals surface area contributed by atoms with Crippen molar-refractivity contribution >= 4 is 10.9 Å². The first-order chi connectivity index (χ1) is 16.1. The molecule has 1 aliphatic rings. The lowest BCUT2D eigenvalue weighted by Gasteiger charge is -2.32. The minimum Gasteiger partial charge on any atom is -0.313 e. The van der Waals surface area contributed by atoms with E-state index in [9.17, 15) is 4.79 Å². The van der Waals surface area contributed by atoms with Crippen LogP contribution in [0.25, 0.3) is 16.7 Å². The van der Waals surface area contributed by atoms with E-state index < -0.39 is 0 Å². The van der Waals surface area contributed by atoms with Gasteiger partial charge >= 0.3 is 0 Å². The fraction of sp³-hybridized carbons (Fsp3) is 0.385. The number of rotatable bonds is 6. The Labute approximate surface area is 193 Å².